The fraction of sp³-hybridized carbons (Fsp3) is 0.0200. The number of nitrogens with zero attached hydrogens (tertiary/aromatic N) is 4. The highest BCUT2D eigenvalue weighted by Gasteiger charge is 2.51. The predicted molar refractivity (Wildman–Crippen MR) is 226 cm³/mol. The highest BCUT2D eigenvalue weighted by atomic mass is 32.2. The van der Waals surface area contributed by atoms with Gasteiger partial charge in [-0.3, -0.25) is 4.57 Å². The van der Waals surface area contributed by atoms with Gasteiger partial charge in [-0.05, 0) is 82.9 Å². The molecule has 0 bridgehead atoms. The second-order valence-corrected chi connectivity index (χ2v) is 15.7. The van der Waals surface area contributed by atoms with E-state index in [0.29, 0.717) is 0 Å². The number of hydrogen-bond acceptors (Lipinski definition) is 2. The average Bonchev–Trinajstić information content (AvgIpc) is 3.97. The van der Waals surface area contributed by atoms with Gasteiger partial charge >= 0.3 is 0 Å². The molecular weight excluding hydrogens is 689 g/mol. The van der Waals surface area contributed by atoms with E-state index in [2.05, 4.69) is 196 Å². The van der Waals surface area contributed by atoms with Crippen molar-refractivity contribution in [1.82, 2.24) is 18.7 Å². The van der Waals surface area contributed by atoms with Gasteiger partial charge in [0.2, 0.25) is 0 Å². The Hall–Kier alpha value is -6.82. The predicted octanol–water partition coefficient (Wildman–Crippen LogP) is 12.5. The first-order valence-electron chi connectivity index (χ1n) is 18.8. The molecule has 11 aromatic rings. The van der Waals surface area contributed by atoms with Crippen LogP contribution in [0.1, 0.15) is 16.7 Å². The third-order valence-electron chi connectivity index (χ3n) is 12.1. The summed E-state index contributed by atoms with van der Waals surface area (Å²) in [6.07, 6.45) is 0. The number of imidazole rings is 1. The summed E-state index contributed by atoms with van der Waals surface area (Å²) in [4.78, 5) is 6.53. The van der Waals surface area contributed by atoms with E-state index >= 15 is 0 Å². The number of fused-ring (bicyclic) bond motifs is 17. The SMILES string of the molecule is c1ccc2c(c1)-c1ccccc1C21c2ccc(-n3c4ccccc4c4cc(-n5c6ccccc6c6ccccc65)ccc43)cc2Sc2nc3ccccc3n21. The van der Waals surface area contributed by atoms with Crippen molar-refractivity contribution in [2.45, 2.75) is 15.6 Å². The summed E-state index contributed by atoms with van der Waals surface area (Å²) in [6.45, 7) is 0. The summed E-state index contributed by atoms with van der Waals surface area (Å²) < 4.78 is 7.37. The third-order valence-corrected chi connectivity index (χ3v) is 13.1. The Morgan fingerprint density at radius 3 is 1.55 bits per heavy atom. The Morgan fingerprint density at radius 1 is 0.400 bits per heavy atom. The van der Waals surface area contributed by atoms with Gasteiger partial charge in [0.1, 0.15) is 5.54 Å². The molecule has 256 valence electrons. The minimum atomic E-state index is -0.560. The summed E-state index contributed by atoms with van der Waals surface area (Å²) in [7, 11) is 0. The topological polar surface area (TPSA) is 27.7 Å². The number of hydrogen-bond donors (Lipinski definition) is 0. The summed E-state index contributed by atoms with van der Waals surface area (Å²) in [5.41, 5.74) is 15.1. The molecule has 8 aromatic carbocycles. The maximum atomic E-state index is 5.30. The van der Waals surface area contributed by atoms with Crippen molar-refractivity contribution in [2.24, 2.45) is 0 Å². The molecule has 0 radical (unpaired) electrons. The van der Waals surface area contributed by atoms with Crippen LogP contribution in [0.5, 0.6) is 0 Å². The highest BCUT2D eigenvalue weighted by molar-refractivity contribution is 7.99. The zero-order valence-corrected chi connectivity index (χ0v) is 30.3. The van der Waals surface area contributed by atoms with Gasteiger partial charge in [-0.2, -0.15) is 0 Å². The molecule has 1 aliphatic heterocycles. The fourth-order valence-corrected chi connectivity index (χ4v) is 11.1. The van der Waals surface area contributed by atoms with E-state index in [0.717, 1.165) is 27.6 Å². The Bertz CT molecular complexity index is 3330. The third kappa shape index (κ3) is 3.71. The second kappa shape index (κ2) is 10.7. The second-order valence-electron chi connectivity index (χ2n) is 14.7. The van der Waals surface area contributed by atoms with Crippen molar-refractivity contribution in [1.29, 1.82) is 0 Å². The van der Waals surface area contributed by atoms with E-state index in [4.69, 9.17) is 4.98 Å². The van der Waals surface area contributed by atoms with Crippen LogP contribution in [0, 0.1) is 0 Å². The number of para-hydroxylation sites is 5. The van der Waals surface area contributed by atoms with Crippen molar-refractivity contribution in [2.75, 3.05) is 0 Å². The lowest BCUT2D eigenvalue weighted by molar-refractivity contribution is 0.484. The molecule has 0 atom stereocenters. The number of benzene rings is 8. The maximum absolute atomic E-state index is 5.30. The molecule has 1 aliphatic carbocycles. The first-order chi connectivity index (χ1) is 27.3. The number of rotatable bonds is 2. The lowest BCUT2D eigenvalue weighted by Gasteiger charge is -2.40. The van der Waals surface area contributed by atoms with Crippen LogP contribution in [0.3, 0.4) is 0 Å². The highest BCUT2D eigenvalue weighted by Crippen LogP contribution is 2.60. The van der Waals surface area contributed by atoms with E-state index in [1.54, 1.807) is 11.8 Å². The summed E-state index contributed by atoms with van der Waals surface area (Å²) in [6, 6.07) is 66.9. The first-order valence-corrected chi connectivity index (χ1v) is 19.6. The van der Waals surface area contributed by atoms with Crippen molar-refractivity contribution in [3.05, 3.63) is 199 Å². The van der Waals surface area contributed by atoms with Crippen LogP contribution in [0.2, 0.25) is 0 Å². The minimum Gasteiger partial charge on any atom is -0.309 e. The molecule has 55 heavy (non-hydrogen) atoms. The summed E-state index contributed by atoms with van der Waals surface area (Å²) in [5.74, 6) is 0. The normalized spacial score (nSPS) is 13.9. The van der Waals surface area contributed by atoms with Gasteiger partial charge < -0.3 is 9.13 Å². The van der Waals surface area contributed by atoms with Crippen LogP contribution >= 0.6 is 11.8 Å². The molecule has 0 N–H and O–H groups in total. The van der Waals surface area contributed by atoms with Gasteiger partial charge in [0.05, 0.1) is 33.1 Å². The van der Waals surface area contributed by atoms with Crippen LogP contribution < -0.4 is 0 Å². The Morgan fingerprint density at radius 2 is 0.891 bits per heavy atom. The Balaban J connectivity index is 1.07. The summed E-state index contributed by atoms with van der Waals surface area (Å²) >= 11 is 1.78. The Labute approximate surface area is 320 Å². The van der Waals surface area contributed by atoms with Crippen LogP contribution in [-0.2, 0) is 5.54 Å². The average molecular weight is 719 g/mol. The van der Waals surface area contributed by atoms with E-state index in [1.165, 1.54) is 76.3 Å². The standard InChI is InChI=1S/C50H30N4S/c1-6-18-39-33(13-1)34-14-2-7-19-40(34)50(39)41-27-25-32(30-48(41)55-49-51-42-20-8-12-24-47(42)54(49)50)53-45-23-11-5-17-37(45)38-29-31(26-28-46(38)53)52-43-21-9-3-15-35(43)36-16-4-10-22-44(36)52/h1-30H. The molecule has 5 heteroatoms. The molecule has 1 spiro atoms. The molecule has 0 unspecified atom stereocenters. The number of aromatic nitrogens is 4. The molecule has 0 amide bonds. The van der Waals surface area contributed by atoms with Crippen LogP contribution in [0.4, 0.5) is 0 Å². The van der Waals surface area contributed by atoms with Gasteiger partial charge in [0.25, 0.3) is 0 Å². The molecule has 3 aromatic heterocycles. The molecule has 2 aliphatic rings. The van der Waals surface area contributed by atoms with Gasteiger partial charge in [0, 0.05) is 43.4 Å². The van der Waals surface area contributed by atoms with E-state index in [-0.39, 0.29) is 0 Å². The van der Waals surface area contributed by atoms with Crippen molar-refractivity contribution in [3.8, 4) is 22.5 Å². The molecule has 0 saturated carbocycles. The van der Waals surface area contributed by atoms with Crippen LogP contribution in [-0.4, -0.2) is 18.7 Å². The van der Waals surface area contributed by atoms with E-state index < -0.39 is 5.54 Å². The van der Waals surface area contributed by atoms with Gasteiger partial charge in [-0.25, -0.2) is 4.98 Å². The van der Waals surface area contributed by atoms with Gasteiger partial charge in [-0.15, -0.1) is 0 Å². The van der Waals surface area contributed by atoms with Crippen molar-refractivity contribution in [3.63, 3.8) is 0 Å². The zero-order valence-electron chi connectivity index (χ0n) is 29.5. The fourth-order valence-electron chi connectivity index (χ4n) is 9.97. The molecule has 0 fully saturated rings. The monoisotopic (exact) mass is 718 g/mol. The Kier molecular flexibility index (Phi) is 5.74. The van der Waals surface area contributed by atoms with Crippen molar-refractivity contribution >= 4 is 66.4 Å². The maximum Gasteiger partial charge on any atom is 0.175 e. The molecule has 4 nitrogen and oxygen atoms in total. The zero-order chi connectivity index (χ0) is 35.8. The lowest BCUT2D eigenvalue weighted by Crippen LogP contribution is -2.38. The quantitative estimate of drug-likeness (QED) is 0.178. The molecular formula is C50H30N4S. The first kappa shape index (κ1) is 29.6. The van der Waals surface area contributed by atoms with E-state index in [1.807, 2.05) is 0 Å². The summed E-state index contributed by atoms with van der Waals surface area (Å²) in [5, 5.41) is 6.02. The van der Waals surface area contributed by atoms with Gasteiger partial charge in [0.15, 0.2) is 5.16 Å². The molecule has 4 heterocycles. The smallest absolute Gasteiger partial charge is 0.175 e. The largest absolute Gasteiger partial charge is 0.309 e. The van der Waals surface area contributed by atoms with Crippen molar-refractivity contribution < 1.29 is 0 Å². The lowest BCUT2D eigenvalue weighted by atomic mass is 9.79. The van der Waals surface area contributed by atoms with Gasteiger partial charge in [-0.1, -0.05) is 133 Å². The molecule has 0 saturated heterocycles. The molecule has 13 rings (SSSR count). The van der Waals surface area contributed by atoms with Crippen LogP contribution in [0.25, 0.3) is 77.1 Å². The minimum absolute atomic E-state index is 0.560. The van der Waals surface area contributed by atoms with Crippen LogP contribution in [0.15, 0.2) is 192 Å². The van der Waals surface area contributed by atoms with E-state index in [9.17, 15) is 0 Å².